The molecule has 0 saturated carbocycles. The van der Waals surface area contributed by atoms with Crippen LogP contribution in [0.1, 0.15) is 76.2 Å². The molecule has 0 aromatic heterocycles. The van der Waals surface area contributed by atoms with Gasteiger partial charge >= 0.3 is 11.6 Å². The summed E-state index contributed by atoms with van der Waals surface area (Å²) < 4.78 is 104. The first-order chi connectivity index (χ1) is 36.8. The van der Waals surface area contributed by atoms with E-state index in [-0.39, 0.29) is 23.7 Å². The standard InChI is InChI=1S/C56H73ClF3N7O8S3/c1-6-63(34-35-68)25-23-45(39-76-47-10-8-7-9-11-47)61-50-21-20-48(36-51(50)77(71,72)56(58,59)60)78(73,74)62-52(69)42-14-18-46(19-15-42)66-30-26-64(27-31-66)38-43-37-55(5,24-22-49(43)41-12-16-44(57)17-13-41)40-65-28-32-67(33-29-65)53(70)75-54(2,3)4/h7-21,36,45,61,68H,6,22-35,37-40H2,1-5H3,(H,62,69). The Morgan fingerprint density at radius 2 is 1.51 bits per heavy atom. The number of hydrogen-bond acceptors (Lipinski definition) is 14. The first kappa shape index (κ1) is 60.8. The molecule has 0 bridgehead atoms. The lowest BCUT2D eigenvalue weighted by atomic mass is 9.71. The maximum Gasteiger partial charge on any atom is 0.501 e. The van der Waals surface area contributed by atoms with Crippen molar-refractivity contribution in [2.45, 2.75) is 92.1 Å². The first-order valence-corrected chi connectivity index (χ1v) is 30.7. The van der Waals surface area contributed by atoms with Gasteiger partial charge < -0.3 is 29.9 Å². The van der Waals surface area contributed by atoms with Crippen LogP contribution in [0.2, 0.25) is 5.02 Å². The number of nitrogens with zero attached hydrogens (tertiary/aromatic N) is 5. The SMILES string of the molecule is CCN(CCO)CCC(CSc1ccccc1)Nc1ccc(S(=O)(=O)NC(=O)c2ccc(N3CCN(CC4=C(c5ccc(Cl)cc5)CCC(C)(CN5CCN(C(=O)OC(C)(C)C)CC5)C4)CC3)cc2)cc1S(=O)(=O)C(F)(F)F. The van der Waals surface area contributed by atoms with Gasteiger partial charge in [0.1, 0.15) is 10.5 Å². The molecule has 2 amide bonds. The van der Waals surface area contributed by atoms with Gasteiger partial charge in [-0.25, -0.2) is 26.4 Å². The minimum atomic E-state index is -6.10. The number of aliphatic hydroxyl groups excluding tert-OH is 1. The van der Waals surface area contributed by atoms with E-state index in [0.717, 1.165) is 81.2 Å². The number of piperazine rings is 2. The Morgan fingerprint density at radius 1 is 0.859 bits per heavy atom. The number of ether oxygens (including phenoxy) is 1. The Hall–Kier alpha value is -4.87. The fraction of sp³-hybridized carbons (Fsp3) is 0.500. The fourth-order valence-corrected chi connectivity index (χ4v) is 13.4. The molecule has 7 rings (SSSR count). The smallest absolute Gasteiger partial charge is 0.444 e. The number of nitrogens with one attached hydrogen (secondary N) is 2. The summed E-state index contributed by atoms with van der Waals surface area (Å²) in [4.78, 5) is 35.8. The summed E-state index contributed by atoms with van der Waals surface area (Å²) >= 11 is 7.72. The van der Waals surface area contributed by atoms with E-state index in [9.17, 15) is 44.7 Å². The topological polar surface area (TPSA) is 172 Å². The van der Waals surface area contributed by atoms with E-state index in [0.29, 0.717) is 69.1 Å². The van der Waals surface area contributed by atoms with Crippen molar-refractivity contribution in [1.29, 1.82) is 0 Å². The zero-order valence-corrected chi connectivity index (χ0v) is 48.2. The summed E-state index contributed by atoms with van der Waals surface area (Å²) in [6, 6.07) is 25.4. The normalized spacial score (nSPS) is 18.8. The van der Waals surface area contributed by atoms with Gasteiger partial charge in [0.05, 0.1) is 17.2 Å². The Balaban J connectivity index is 0.992. The number of sulfonamides is 1. The molecule has 4 aromatic rings. The van der Waals surface area contributed by atoms with Crippen LogP contribution in [0.15, 0.2) is 117 Å². The number of thioether (sulfide) groups is 1. The number of rotatable bonds is 21. The zero-order chi connectivity index (χ0) is 56.5. The average molecular weight is 1160 g/mol. The maximum atomic E-state index is 14.3. The maximum absolute atomic E-state index is 14.3. The number of carbonyl (C=O) groups excluding carboxylic acids is 2. The van der Waals surface area contributed by atoms with Gasteiger partial charge in [0.25, 0.3) is 25.8 Å². The van der Waals surface area contributed by atoms with Crippen molar-refractivity contribution in [2.24, 2.45) is 5.41 Å². The van der Waals surface area contributed by atoms with Gasteiger partial charge in [-0.2, -0.15) is 13.2 Å². The molecule has 2 heterocycles. The molecule has 2 fully saturated rings. The van der Waals surface area contributed by atoms with Gasteiger partial charge in [-0.05, 0) is 136 Å². The minimum absolute atomic E-state index is 0.0265. The molecule has 2 saturated heterocycles. The Kier molecular flexibility index (Phi) is 20.4. The quantitative estimate of drug-likeness (QED) is 0.0674. The number of aliphatic hydroxyl groups is 1. The van der Waals surface area contributed by atoms with Crippen molar-refractivity contribution >= 4 is 72.2 Å². The molecule has 2 atom stereocenters. The minimum Gasteiger partial charge on any atom is -0.444 e. The van der Waals surface area contributed by atoms with Crippen LogP contribution < -0.4 is 14.9 Å². The van der Waals surface area contributed by atoms with Gasteiger partial charge in [-0.1, -0.05) is 61.4 Å². The van der Waals surface area contributed by atoms with E-state index in [1.807, 2.05) is 79.8 Å². The third kappa shape index (κ3) is 16.4. The van der Waals surface area contributed by atoms with Crippen LogP contribution in [-0.2, 0) is 24.6 Å². The van der Waals surface area contributed by atoms with Crippen LogP contribution in [0.25, 0.3) is 5.57 Å². The largest absolute Gasteiger partial charge is 0.501 e. The van der Waals surface area contributed by atoms with Crippen molar-refractivity contribution in [1.82, 2.24) is 24.3 Å². The number of carbonyl (C=O) groups is 2. The lowest BCUT2D eigenvalue weighted by molar-refractivity contribution is -0.0436. The van der Waals surface area contributed by atoms with E-state index >= 15 is 0 Å². The van der Waals surface area contributed by atoms with Crippen LogP contribution in [0.5, 0.6) is 0 Å². The van der Waals surface area contributed by atoms with Crippen molar-refractivity contribution in [3.05, 3.63) is 119 Å². The predicted molar refractivity (Wildman–Crippen MR) is 302 cm³/mol. The number of amides is 2. The number of sulfone groups is 1. The second-order valence-corrected chi connectivity index (χ2v) is 26.7. The number of allylic oxidation sites excluding steroid dienone is 1. The zero-order valence-electron chi connectivity index (χ0n) is 45.0. The number of hydrogen-bond donors (Lipinski definition) is 3. The van der Waals surface area contributed by atoms with Crippen LogP contribution in [0, 0.1) is 5.41 Å². The van der Waals surface area contributed by atoms with E-state index in [4.69, 9.17) is 16.3 Å². The summed E-state index contributed by atoms with van der Waals surface area (Å²) in [6.07, 6.45) is 2.95. The molecule has 0 spiro atoms. The fourth-order valence-electron chi connectivity index (χ4n) is 10.2. The summed E-state index contributed by atoms with van der Waals surface area (Å²) in [5, 5.41) is 13.2. The number of anilines is 2. The molecule has 3 N–H and O–H groups in total. The number of likely N-dealkylation sites (N-methyl/N-ethyl adjacent to an activating group) is 1. The van der Waals surface area contributed by atoms with Gasteiger partial charge in [0.15, 0.2) is 0 Å². The summed E-state index contributed by atoms with van der Waals surface area (Å²) in [6.45, 7) is 18.6. The predicted octanol–water partition coefficient (Wildman–Crippen LogP) is 9.35. The van der Waals surface area contributed by atoms with E-state index < -0.39 is 58.4 Å². The summed E-state index contributed by atoms with van der Waals surface area (Å²) in [7, 11) is -11.0. The van der Waals surface area contributed by atoms with Crippen LogP contribution in [0.4, 0.5) is 29.3 Å². The van der Waals surface area contributed by atoms with Gasteiger partial charge in [0.2, 0.25) is 0 Å². The molecule has 1 aliphatic carbocycles. The molecule has 2 aliphatic heterocycles. The highest BCUT2D eigenvalue weighted by molar-refractivity contribution is 7.99. The molecule has 426 valence electrons. The Morgan fingerprint density at radius 3 is 2.13 bits per heavy atom. The van der Waals surface area contributed by atoms with Crippen LogP contribution >= 0.6 is 23.4 Å². The van der Waals surface area contributed by atoms with Crippen molar-refractivity contribution in [3.63, 3.8) is 0 Å². The van der Waals surface area contributed by atoms with Gasteiger partial charge in [-0.3, -0.25) is 14.6 Å². The van der Waals surface area contributed by atoms with E-state index in [1.54, 1.807) is 17.0 Å². The monoisotopic (exact) mass is 1160 g/mol. The van der Waals surface area contributed by atoms with Crippen molar-refractivity contribution < 1.29 is 49.4 Å². The van der Waals surface area contributed by atoms with Crippen LogP contribution in [-0.4, -0.2) is 168 Å². The lowest BCUT2D eigenvalue weighted by Crippen LogP contribution is -2.52. The van der Waals surface area contributed by atoms with Crippen molar-refractivity contribution in [2.75, 3.05) is 108 Å². The highest BCUT2D eigenvalue weighted by Gasteiger charge is 2.48. The van der Waals surface area contributed by atoms with E-state index in [2.05, 4.69) is 39.1 Å². The van der Waals surface area contributed by atoms with Gasteiger partial charge in [-0.15, -0.1) is 11.8 Å². The highest BCUT2D eigenvalue weighted by Crippen LogP contribution is 2.44. The Labute approximate surface area is 467 Å². The molecular weight excluding hydrogens is 1090 g/mol. The highest BCUT2D eigenvalue weighted by atomic mass is 35.5. The molecule has 3 aliphatic rings. The molecule has 78 heavy (non-hydrogen) atoms. The molecule has 0 radical (unpaired) electrons. The molecule has 4 aromatic carbocycles. The average Bonchev–Trinajstić information content (AvgIpc) is 3.50. The third-order valence-corrected chi connectivity index (χ3v) is 18.7. The number of benzene rings is 4. The molecule has 15 nitrogen and oxygen atoms in total. The summed E-state index contributed by atoms with van der Waals surface area (Å²) in [5.74, 6) is -0.744. The lowest BCUT2D eigenvalue weighted by Gasteiger charge is -2.44. The summed E-state index contributed by atoms with van der Waals surface area (Å²) in [5.41, 5.74) is -2.05. The Bertz CT molecular complexity index is 2940. The second kappa shape index (κ2) is 26.2. The number of halogens is 4. The molecular formula is C56H73ClF3N7O8S3. The van der Waals surface area contributed by atoms with Crippen molar-refractivity contribution in [3.8, 4) is 0 Å². The molecule has 2 unspecified atom stereocenters. The second-order valence-electron chi connectivity index (χ2n) is 21.6. The van der Waals surface area contributed by atoms with E-state index in [1.165, 1.54) is 40.6 Å². The van der Waals surface area contributed by atoms with Crippen LogP contribution in [0.3, 0.4) is 0 Å². The molecule has 22 heteroatoms. The number of alkyl halides is 3. The third-order valence-electron chi connectivity index (χ3n) is 14.4. The first-order valence-electron chi connectivity index (χ1n) is 26.4. The van der Waals surface area contributed by atoms with Gasteiger partial charge in [0, 0.05) is 112 Å².